The summed E-state index contributed by atoms with van der Waals surface area (Å²) in [5, 5.41) is 16.7. The molecule has 0 radical (unpaired) electrons. The third kappa shape index (κ3) is 3.48. The molecular formula is C15H17N5O2S. The minimum atomic E-state index is -0.282. The van der Waals surface area contributed by atoms with Gasteiger partial charge in [-0.2, -0.15) is 0 Å². The standard InChI is InChI=1S/C15H17N5O2S/c1-2-3-6-9-22-12-10-7-4-5-8-11(10)23-13(12)14(21)16-15-17-19-20-18-15/h4-5,7-8H,2-3,6,9H2,1H3,(H2,16,17,18,19,20,21). The van der Waals surface area contributed by atoms with Crippen LogP contribution in [0.25, 0.3) is 10.1 Å². The first kappa shape index (κ1) is 15.4. The Morgan fingerprint density at radius 1 is 1.35 bits per heavy atom. The molecule has 0 bridgehead atoms. The second-order valence-electron chi connectivity index (χ2n) is 5.02. The predicted octanol–water partition coefficient (Wildman–Crippen LogP) is 3.24. The molecule has 0 saturated heterocycles. The van der Waals surface area contributed by atoms with Crippen LogP contribution in [-0.4, -0.2) is 33.1 Å². The van der Waals surface area contributed by atoms with Crippen molar-refractivity contribution in [2.24, 2.45) is 0 Å². The average Bonchev–Trinajstić information content (AvgIpc) is 3.19. The van der Waals surface area contributed by atoms with Crippen LogP contribution in [0.2, 0.25) is 0 Å². The molecule has 0 spiro atoms. The first-order valence-corrected chi connectivity index (χ1v) is 8.30. The molecule has 1 aromatic carbocycles. The van der Waals surface area contributed by atoms with Crippen LogP contribution in [0, 0.1) is 0 Å². The fourth-order valence-electron chi connectivity index (χ4n) is 2.22. The third-order valence-electron chi connectivity index (χ3n) is 3.33. The lowest BCUT2D eigenvalue weighted by Crippen LogP contribution is -2.13. The van der Waals surface area contributed by atoms with Crippen molar-refractivity contribution in [1.82, 2.24) is 20.6 Å². The molecule has 0 aliphatic rings. The van der Waals surface area contributed by atoms with Gasteiger partial charge in [0.25, 0.3) is 5.91 Å². The molecule has 0 aliphatic carbocycles. The van der Waals surface area contributed by atoms with Crippen LogP contribution in [0.5, 0.6) is 5.75 Å². The number of carbonyl (C=O) groups is 1. The highest BCUT2D eigenvalue weighted by Crippen LogP contribution is 2.38. The van der Waals surface area contributed by atoms with Gasteiger partial charge in [0, 0.05) is 10.1 Å². The van der Waals surface area contributed by atoms with Gasteiger partial charge in [-0.1, -0.05) is 37.0 Å². The van der Waals surface area contributed by atoms with Gasteiger partial charge in [-0.15, -0.1) is 11.3 Å². The molecule has 3 rings (SSSR count). The van der Waals surface area contributed by atoms with E-state index in [1.165, 1.54) is 11.3 Å². The number of hydrogen-bond acceptors (Lipinski definition) is 6. The van der Waals surface area contributed by atoms with Gasteiger partial charge < -0.3 is 4.74 Å². The summed E-state index contributed by atoms with van der Waals surface area (Å²) in [5.74, 6) is 0.561. The number of nitrogens with one attached hydrogen (secondary N) is 2. The number of aromatic nitrogens is 4. The maximum atomic E-state index is 12.5. The van der Waals surface area contributed by atoms with Crippen molar-refractivity contribution in [1.29, 1.82) is 0 Å². The van der Waals surface area contributed by atoms with E-state index in [0.717, 1.165) is 29.3 Å². The number of anilines is 1. The van der Waals surface area contributed by atoms with Gasteiger partial charge in [-0.25, -0.2) is 5.10 Å². The zero-order valence-corrected chi connectivity index (χ0v) is 13.5. The summed E-state index contributed by atoms with van der Waals surface area (Å²) < 4.78 is 6.93. The Labute approximate surface area is 137 Å². The minimum Gasteiger partial charge on any atom is -0.491 e. The second kappa shape index (κ2) is 7.19. The Hall–Kier alpha value is -2.48. The average molecular weight is 331 g/mol. The molecule has 0 saturated carbocycles. The zero-order chi connectivity index (χ0) is 16.1. The molecule has 0 atom stereocenters. The van der Waals surface area contributed by atoms with Gasteiger partial charge in [0.15, 0.2) is 5.75 Å². The maximum absolute atomic E-state index is 12.5. The largest absolute Gasteiger partial charge is 0.491 e. The number of aromatic amines is 1. The first-order chi connectivity index (χ1) is 11.3. The molecule has 7 nitrogen and oxygen atoms in total. The van der Waals surface area contributed by atoms with Crippen molar-refractivity contribution in [3.05, 3.63) is 29.1 Å². The molecule has 0 aliphatic heterocycles. The number of tetrazole rings is 1. The van der Waals surface area contributed by atoms with E-state index in [-0.39, 0.29) is 11.9 Å². The summed E-state index contributed by atoms with van der Waals surface area (Å²) in [6.45, 7) is 2.74. The number of amides is 1. The van der Waals surface area contributed by atoms with Crippen LogP contribution >= 0.6 is 11.3 Å². The molecule has 23 heavy (non-hydrogen) atoms. The number of benzene rings is 1. The molecule has 3 aromatic rings. The monoisotopic (exact) mass is 331 g/mol. The van der Waals surface area contributed by atoms with Gasteiger partial charge in [0.1, 0.15) is 4.88 Å². The number of unbranched alkanes of at least 4 members (excludes halogenated alkanes) is 2. The van der Waals surface area contributed by atoms with E-state index < -0.39 is 0 Å². The van der Waals surface area contributed by atoms with E-state index >= 15 is 0 Å². The molecule has 1 amide bonds. The van der Waals surface area contributed by atoms with Crippen LogP contribution in [-0.2, 0) is 0 Å². The van der Waals surface area contributed by atoms with Crippen molar-refractivity contribution >= 4 is 33.3 Å². The lowest BCUT2D eigenvalue weighted by Gasteiger charge is -2.07. The highest BCUT2D eigenvalue weighted by atomic mass is 32.1. The van der Waals surface area contributed by atoms with Crippen LogP contribution in [0.4, 0.5) is 5.95 Å². The van der Waals surface area contributed by atoms with Crippen LogP contribution in [0.15, 0.2) is 24.3 Å². The SMILES string of the molecule is CCCCCOc1c(C(=O)Nc2nnn[nH]2)sc2ccccc12. The van der Waals surface area contributed by atoms with E-state index in [9.17, 15) is 4.79 Å². The van der Waals surface area contributed by atoms with Crippen molar-refractivity contribution in [2.45, 2.75) is 26.2 Å². The van der Waals surface area contributed by atoms with E-state index in [1.807, 2.05) is 24.3 Å². The van der Waals surface area contributed by atoms with Crippen LogP contribution < -0.4 is 10.1 Å². The normalized spacial score (nSPS) is 10.8. The van der Waals surface area contributed by atoms with Gasteiger partial charge in [-0.05, 0) is 29.0 Å². The number of ether oxygens (including phenoxy) is 1. The maximum Gasteiger partial charge on any atom is 0.271 e. The lowest BCUT2D eigenvalue weighted by atomic mass is 10.2. The molecule has 0 unspecified atom stereocenters. The summed E-state index contributed by atoms with van der Waals surface area (Å²) >= 11 is 1.40. The summed E-state index contributed by atoms with van der Waals surface area (Å²) in [4.78, 5) is 13.0. The predicted molar refractivity (Wildman–Crippen MR) is 89.0 cm³/mol. The lowest BCUT2D eigenvalue weighted by molar-refractivity contribution is 0.102. The number of carbonyl (C=O) groups excluding carboxylic acids is 1. The number of fused-ring (bicyclic) bond motifs is 1. The van der Waals surface area contributed by atoms with Gasteiger partial charge in [0.05, 0.1) is 6.61 Å². The van der Waals surface area contributed by atoms with E-state index in [1.54, 1.807) is 0 Å². The molecule has 2 heterocycles. The smallest absolute Gasteiger partial charge is 0.271 e. The summed E-state index contributed by atoms with van der Waals surface area (Å²) in [6, 6.07) is 7.83. The number of rotatable bonds is 7. The first-order valence-electron chi connectivity index (χ1n) is 7.49. The molecular weight excluding hydrogens is 314 g/mol. The van der Waals surface area contributed by atoms with E-state index in [4.69, 9.17) is 4.74 Å². The summed E-state index contributed by atoms with van der Waals surface area (Å²) in [7, 11) is 0. The topological polar surface area (TPSA) is 92.8 Å². The number of thiophene rings is 1. The molecule has 0 fully saturated rings. The van der Waals surface area contributed by atoms with Crippen LogP contribution in [0.1, 0.15) is 35.9 Å². The third-order valence-corrected chi connectivity index (χ3v) is 4.48. The quantitative estimate of drug-likeness (QED) is 0.648. The molecule has 8 heteroatoms. The summed E-state index contributed by atoms with van der Waals surface area (Å²) in [5.41, 5.74) is 0. The highest BCUT2D eigenvalue weighted by molar-refractivity contribution is 7.21. The number of hydrogen-bond donors (Lipinski definition) is 2. The van der Waals surface area contributed by atoms with Gasteiger partial charge in [-0.3, -0.25) is 10.1 Å². The van der Waals surface area contributed by atoms with Crippen molar-refractivity contribution in [3.8, 4) is 5.75 Å². The van der Waals surface area contributed by atoms with Crippen molar-refractivity contribution < 1.29 is 9.53 Å². The van der Waals surface area contributed by atoms with Gasteiger partial charge >= 0.3 is 0 Å². The Bertz CT molecular complexity index is 784. The van der Waals surface area contributed by atoms with Gasteiger partial charge in [0.2, 0.25) is 5.95 Å². The highest BCUT2D eigenvalue weighted by Gasteiger charge is 2.20. The second-order valence-corrected chi connectivity index (χ2v) is 6.07. The Morgan fingerprint density at radius 3 is 3.00 bits per heavy atom. The zero-order valence-electron chi connectivity index (χ0n) is 12.7. The van der Waals surface area contributed by atoms with Crippen LogP contribution in [0.3, 0.4) is 0 Å². The fourth-order valence-corrected chi connectivity index (χ4v) is 3.26. The number of nitrogens with zero attached hydrogens (tertiary/aromatic N) is 3. The molecule has 2 aromatic heterocycles. The minimum absolute atomic E-state index is 0.212. The van der Waals surface area contributed by atoms with Crippen molar-refractivity contribution in [3.63, 3.8) is 0 Å². The number of H-pyrrole nitrogens is 1. The Morgan fingerprint density at radius 2 is 2.22 bits per heavy atom. The Kier molecular flexibility index (Phi) is 4.82. The van der Waals surface area contributed by atoms with E-state index in [2.05, 4.69) is 32.9 Å². The molecule has 120 valence electrons. The van der Waals surface area contributed by atoms with E-state index in [0.29, 0.717) is 17.2 Å². The Balaban J connectivity index is 1.86. The fraction of sp³-hybridized carbons (Fsp3) is 0.333. The molecule has 2 N–H and O–H groups in total. The summed E-state index contributed by atoms with van der Waals surface area (Å²) in [6.07, 6.45) is 3.20. The van der Waals surface area contributed by atoms with Crippen molar-refractivity contribution in [2.75, 3.05) is 11.9 Å².